The molecule has 2 aromatic rings. The number of rotatable bonds is 5. The standard InChI is InChI=1S/C18H17NO6/c1-22-14-5-3-11(7-13(14)18(21)23-2)9-19-17(20)12-4-6-15-16(8-12)25-10-24-15/h3-8H,9-10H2,1-2H3,(H,19,20). The van der Waals surface area contributed by atoms with Crippen LogP contribution in [0.25, 0.3) is 0 Å². The molecule has 130 valence electrons. The lowest BCUT2D eigenvalue weighted by atomic mass is 10.1. The number of benzene rings is 2. The Morgan fingerprint density at radius 3 is 2.64 bits per heavy atom. The van der Waals surface area contributed by atoms with Crippen molar-refractivity contribution in [2.45, 2.75) is 6.54 Å². The van der Waals surface area contributed by atoms with Gasteiger partial charge in [0.2, 0.25) is 6.79 Å². The number of nitrogens with one attached hydrogen (secondary N) is 1. The Morgan fingerprint density at radius 1 is 1.08 bits per heavy atom. The Balaban J connectivity index is 1.70. The summed E-state index contributed by atoms with van der Waals surface area (Å²) in [6.07, 6.45) is 0. The smallest absolute Gasteiger partial charge is 0.341 e. The molecular weight excluding hydrogens is 326 g/mol. The molecule has 0 unspecified atom stereocenters. The normalized spacial score (nSPS) is 11.8. The average molecular weight is 343 g/mol. The van der Waals surface area contributed by atoms with Gasteiger partial charge in [-0.05, 0) is 35.9 Å². The highest BCUT2D eigenvalue weighted by molar-refractivity contribution is 5.95. The maximum atomic E-state index is 12.3. The highest BCUT2D eigenvalue weighted by Gasteiger charge is 2.17. The second-order valence-electron chi connectivity index (χ2n) is 5.28. The van der Waals surface area contributed by atoms with E-state index in [2.05, 4.69) is 5.32 Å². The largest absolute Gasteiger partial charge is 0.496 e. The lowest BCUT2D eigenvalue weighted by Crippen LogP contribution is -2.23. The maximum absolute atomic E-state index is 12.3. The molecule has 2 aromatic carbocycles. The first-order valence-electron chi connectivity index (χ1n) is 7.55. The predicted molar refractivity (Wildman–Crippen MR) is 88.1 cm³/mol. The van der Waals surface area contributed by atoms with Gasteiger partial charge in [-0.15, -0.1) is 0 Å². The van der Waals surface area contributed by atoms with E-state index in [1.807, 2.05) is 0 Å². The van der Waals surface area contributed by atoms with E-state index in [4.69, 9.17) is 18.9 Å². The van der Waals surface area contributed by atoms with Gasteiger partial charge in [0.25, 0.3) is 5.91 Å². The molecule has 1 aliphatic rings. The van der Waals surface area contributed by atoms with Crippen molar-refractivity contribution in [1.29, 1.82) is 0 Å². The number of esters is 1. The van der Waals surface area contributed by atoms with Crippen LogP contribution in [0.4, 0.5) is 0 Å². The third kappa shape index (κ3) is 3.50. The van der Waals surface area contributed by atoms with Gasteiger partial charge in [-0.1, -0.05) is 6.07 Å². The van der Waals surface area contributed by atoms with Crippen LogP contribution in [0, 0.1) is 0 Å². The van der Waals surface area contributed by atoms with Gasteiger partial charge in [0.1, 0.15) is 11.3 Å². The summed E-state index contributed by atoms with van der Waals surface area (Å²) in [6, 6.07) is 10.0. The topological polar surface area (TPSA) is 83.1 Å². The van der Waals surface area contributed by atoms with Gasteiger partial charge in [-0.2, -0.15) is 0 Å². The number of amides is 1. The summed E-state index contributed by atoms with van der Waals surface area (Å²) in [5.41, 5.74) is 1.51. The molecule has 0 spiro atoms. The zero-order valence-corrected chi connectivity index (χ0v) is 13.8. The third-order valence-electron chi connectivity index (χ3n) is 3.76. The summed E-state index contributed by atoms with van der Waals surface area (Å²) in [4.78, 5) is 24.1. The van der Waals surface area contributed by atoms with Crippen molar-refractivity contribution in [3.8, 4) is 17.2 Å². The van der Waals surface area contributed by atoms with E-state index >= 15 is 0 Å². The summed E-state index contributed by atoms with van der Waals surface area (Å²) >= 11 is 0. The van der Waals surface area contributed by atoms with Crippen LogP contribution in [0.5, 0.6) is 17.2 Å². The molecule has 0 aromatic heterocycles. The molecule has 3 rings (SSSR count). The Hall–Kier alpha value is -3.22. The van der Waals surface area contributed by atoms with Gasteiger partial charge < -0.3 is 24.3 Å². The van der Waals surface area contributed by atoms with Crippen molar-refractivity contribution in [1.82, 2.24) is 5.32 Å². The van der Waals surface area contributed by atoms with Crippen molar-refractivity contribution in [2.75, 3.05) is 21.0 Å². The SMILES string of the molecule is COC(=O)c1cc(CNC(=O)c2ccc3c(c2)OCO3)ccc1OC. The van der Waals surface area contributed by atoms with Gasteiger partial charge in [-0.25, -0.2) is 4.79 Å². The van der Waals surface area contributed by atoms with E-state index in [1.54, 1.807) is 36.4 Å². The van der Waals surface area contributed by atoms with Gasteiger partial charge in [-0.3, -0.25) is 4.79 Å². The number of methoxy groups -OCH3 is 2. The van der Waals surface area contributed by atoms with Crippen LogP contribution in [-0.2, 0) is 11.3 Å². The predicted octanol–water partition coefficient (Wildman–Crippen LogP) is 2.14. The molecule has 0 saturated carbocycles. The molecule has 1 heterocycles. The van der Waals surface area contributed by atoms with Gasteiger partial charge in [0, 0.05) is 12.1 Å². The van der Waals surface area contributed by atoms with Crippen LogP contribution < -0.4 is 19.5 Å². The van der Waals surface area contributed by atoms with E-state index in [0.717, 1.165) is 5.56 Å². The molecule has 0 radical (unpaired) electrons. The van der Waals surface area contributed by atoms with Gasteiger partial charge in [0.15, 0.2) is 11.5 Å². The van der Waals surface area contributed by atoms with E-state index in [1.165, 1.54) is 14.2 Å². The number of carbonyl (C=O) groups is 2. The second-order valence-corrected chi connectivity index (χ2v) is 5.28. The van der Waals surface area contributed by atoms with E-state index in [9.17, 15) is 9.59 Å². The lowest BCUT2D eigenvalue weighted by molar-refractivity contribution is 0.0597. The minimum atomic E-state index is -0.499. The van der Waals surface area contributed by atoms with E-state index in [0.29, 0.717) is 28.4 Å². The first-order chi connectivity index (χ1) is 12.1. The molecule has 1 aliphatic heterocycles. The highest BCUT2D eigenvalue weighted by atomic mass is 16.7. The molecule has 25 heavy (non-hydrogen) atoms. The van der Waals surface area contributed by atoms with Gasteiger partial charge in [0.05, 0.1) is 14.2 Å². The minimum absolute atomic E-state index is 0.155. The molecule has 0 atom stereocenters. The number of fused-ring (bicyclic) bond motifs is 1. The van der Waals surface area contributed by atoms with Crippen molar-refractivity contribution < 1.29 is 28.5 Å². The molecule has 1 amide bonds. The van der Waals surface area contributed by atoms with Crippen molar-refractivity contribution >= 4 is 11.9 Å². The fourth-order valence-corrected chi connectivity index (χ4v) is 2.46. The Labute approximate surface area is 144 Å². The molecule has 0 saturated heterocycles. The summed E-state index contributed by atoms with van der Waals surface area (Å²) in [5.74, 6) is 0.826. The Kier molecular flexibility index (Phi) is 4.74. The molecule has 7 nitrogen and oxygen atoms in total. The van der Waals surface area contributed by atoms with Crippen LogP contribution in [0.3, 0.4) is 0 Å². The summed E-state index contributed by atoms with van der Waals surface area (Å²) in [7, 11) is 2.78. The maximum Gasteiger partial charge on any atom is 0.341 e. The van der Waals surface area contributed by atoms with Crippen LogP contribution in [-0.4, -0.2) is 32.9 Å². The number of hydrogen-bond donors (Lipinski definition) is 1. The quantitative estimate of drug-likeness (QED) is 0.838. The van der Waals surface area contributed by atoms with Crippen molar-refractivity contribution in [3.63, 3.8) is 0 Å². The van der Waals surface area contributed by atoms with Gasteiger partial charge >= 0.3 is 5.97 Å². The lowest BCUT2D eigenvalue weighted by Gasteiger charge is -2.10. The summed E-state index contributed by atoms with van der Waals surface area (Å²) in [5, 5.41) is 2.80. The molecule has 0 aliphatic carbocycles. The number of carbonyl (C=O) groups excluding carboxylic acids is 2. The van der Waals surface area contributed by atoms with Crippen LogP contribution in [0.15, 0.2) is 36.4 Å². The Bertz CT molecular complexity index is 817. The highest BCUT2D eigenvalue weighted by Crippen LogP contribution is 2.32. The third-order valence-corrected chi connectivity index (χ3v) is 3.76. The molecule has 7 heteroatoms. The van der Waals surface area contributed by atoms with Crippen LogP contribution >= 0.6 is 0 Å². The molecule has 0 fully saturated rings. The first kappa shape index (κ1) is 16.6. The first-order valence-corrected chi connectivity index (χ1v) is 7.55. The molecular formula is C18H17NO6. The zero-order valence-electron chi connectivity index (χ0n) is 13.8. The summed E-state index contributed by atoms with van der Waals surface area (Å²) in [6.45, 7) is 0.407. The zero-order chi connectivity index (χ0) is 17.8. The second kappa shape index (κ2) is 7.12. The van der Waals surface area contributed by atoms with Crippen molar-refractivity contribution in [2.24, 2.45) is 0 Å². The van der Waals surface area contributed by atoms with Crippen LogP contribution in [0.1, 0.15) is 26.3 Å². The minimum Gasteiger partial charge on any atom is -0.496 e. The number of ether oxygens (including phenoxy) is 4. The summed E-state index contributed by atoms with van der Waals surface area (Å²) < 4.78 is 20.4. The fourth-order valence-electron chi connectivity index (χ4n) is 2.46. The molecule has 1 N–H and O–H groups in total. The van der Waals surface area contributed by atoms with Crippen molar-refractivity contribution in [3.05, 3.63) is 53.1 Å². The average Bonchev–Trinajstić information content (AvgIpc) is 3.12. The molecule has 0 bridgehead atoms. The van der Waals surface area contributed by atoms with Crippen LogP contribution in [0.2, 0.25) is 0 Å². The Morgan fingerprint density at radius 2 is 1.88 bits per heavy atom. The van der Waals surface area contributed by atoms with E-state index < -0.39 is 5.97 Å². The number of hydrogen-bond acceptors (Lipinski definition) is 6. The van der Waals surface area contributed by atoms with E-state index in [-0.39, 0.29) is 19.2 Å². The fraction of sp³-hybridized carbons (Fsp3) is 0.222. The monoisotopic (exact) mass is 343 g/mol.